The SMILES string of the molecule is O=C(NCc1cccnc1)C(=O)N/N=C/c1ccccc1Cl. The number of nitrogens with zero attached hydrogens (tertiary/aromatic N) is 2. The van der Waals surface area contributed by atoms with Gasteiger partial charge < -0.3 is 5.32 Å². The molecular weight excluding hydrogens is 304 g/mol. The van der Waals surface area contributed by atoms with Crippen molar-refractivity contribution in [2.24, 2.45) is 5.10 Å². The second-order valence-electron chi connectivity index (χ2n) is 4.26. The normalized spacial score (nSPS) is 10.4. The van der Waals surface area contributed by atoms with Crippen molar-refractivity contribution in [3.8, 4) is 0 Å². The molecule has 0 spiro atoms. The zero-order valence-electron chi connectivity index (χ0n) is 11.5. The van der Waals surface area contributed by atoms with Gasteiger partial charge in [0.1, 0.15) is 0 Å². The highest BCUT2D eigenvalue weighted by molar-refractivity contribution is 6.35. The number of carbonyl (C=O) groups is 2. The second-order valence-corrected chi connectivity index (χ2v) is 4.67. The van der Waals surface area contributed by atoms with Gasteiger partial charge in [0.15, 0.2) is 0 Å². The van der Waals surface area contributed by atoms with Gasteiger partial charge in [-0.15, -0.1) is 0 Å². The number of nitrogens with one attached hydrogen (secondary N) is 2. The summed E-state index contributed by atoms with van der Waals surface area (Å²) in [5.74, 6) is -1.63. The lowest BCUT2D eigenvalue weighted by Crippen LogP contribution is -2.37. The third-order valence-electron chi connectivity index (χ3n) is 2.66. The minimum Gasteiger partial charge on any atom is -0.344 e. The van der Waals surface area contributed by atoms with Crippen molar-refractivity contribution in [2.75, 3.05) is 0 Å². The smallest absolute Gasteiger partial charge is 0.329 e. The summed E-state index contributed by atoms with van der Waals surface area (Å²) in [4.78, 5) is 27.0. The Bertz CT molecular complexity index is 689. The predicted octanol–water partition coefficient (Wildman–Crippen LogP) is 1.50. The molecule has 0 saturated carbocycles. The van der Waals surface area contributed by atoms with Gasteiger partial charge in [0.2, 0.25) is 0 Å². The van der Waals surface area contributed by atoms with Crippen LogP contribution in [0.1, 0.15) is 11.1 Å². The Labute approximate surface area is 132 Å². The van der Waals surface area contributed by atoms with E-state index in [4.69, 9.17) is 11.6 Å². The first-order chi connectivity index (χ1) is 10.7. The molecule has 2 rings (SSSR count). The fourth-order valence-electron chi connectivity index (χ4n) is 1.56. The summed E-state index contributed by atoms with van der Waals surface area (Å²) >= 11 is 5.93. The molecule has 6 nitrogen and oxygen atoms in total. The first-order valence-electron chi connectivity index (χ1n) is 6.41. The van der Waals surface area contributed by atoms with Crippen molar-refractivity contribution in [3.05, 3.63) is 64.9 Å². The molecule has 1 heterocycles. The fourth-order valence-corrected chi connectivity index (χ4v) is 1.74. The van der Waals surface area contributed by atoms with Crippen molar-refractivity contribution in [1.29, 1.82) is 0 Å². The largest absolute Gasteiger partial charge is 0.344 e. The molecule has 1 aromatic heterocycles. The number of rotatable bonds is 4. The van der Waals surface area contributed by atoms with Crippen LogP contribution in [0.15, 0.2) is 53.9 Å². The predicted molar refractivity (Wildman–Crippen MR) is 83.3 cm³/mol. The van der Waals surface area contributed by atoms with Crippen molar-refractivity contribution in [3.63, 3.8) is 0 Å². The van der Waals surface area contributed by atoms with Crippen LogP contribution >= 0.6 is 11.6 Å². The molecule has 0 bridgehead atoms. The van der Waals surface area contributed by atoms with Crippen LogP contribution < -0.4 is 10.7 Å². The lowest BCUT2D eigenvalue weighted by molar-refractivity contribution is -0.139. The third kappa shape index (κ3) is 4.68. The lowest BCUT2D eigenvalue weighted by Gasteiger charge is -2.03. The Balaban J connectivity index is 1.82. The number of hydrogen-bond donors (Lipinski definition) is 2. The van der Waals surface area contributed by atoms with E-state index in [9.17, 15) is 9.59 Å². The average molecular weight is 317 g/mol. The first-order valence-corrected chi connectivity index (χ1v) is 6.79. The van der Waals surface area contributed by atoms with Gasteiger partial charge in [-0.05, 0) is 17.7 Å². The van der Waals surface area contributed by atoms with Crippen LogP contribution in [0.2, 0.25) is 5.02 Å². The number of benzene rings is 1. The molecule has 0 aliphatic carbocycles. The van der Waals surface area contributed by atoms with Crippen LogP contribution in [0, 0.1) is 0 Å². The molecule has 7 heteroatoms. The second kappa shape index (κ2) is 7.90. The lowest BCUT2D eigenvalue weighted by atomic mass is 10.2. The highest BCUT2D eigenvalue weighted by atomic mass is 35.5. The van der Waals surface area contributed by atoms with Crippen LogP contribution in [0.4, 0.5) is 0 Å². The van der Waals surface area contributed by atoms with Gasteiger partial charge in [-0.25, -0.2) is 5.43 Å². The van der Waals surface area contributed by atoms with Gasteiger partial charge in [-0.1, -0.05) is 35.9 Å². The summed E-state index contributed by atoms with van der Waals surface area (Å²) in [7, 11) is 0. The molecule has 1 aromatic carbocycles. The highest BCUT2D eigenvalue weighted by Crippen LogP contribution is 2.11. The summed E-state index contributed by atoms with van der Waals surface area (Å²) in [6, 6.07) is 10.5. The van der Waals surface area contributed by atoms with Crippen molar-refractivity contribution in [2.45, 2.75) is 6.54 Å². The molecule has 2 amide bonds. The van der Waals surface area contributed by atoms with Gasteiger partial charge in [0.05, 0.1) is 6.21 Å². The van der Waals surface area contributed by atoms with Crippen LogP contribution in [0.25, 0.3) is 0 Å². The van der Waals surface area contributed by atoms with Crippen molar-refractivity contribution >= 4 is 29.6 Å². The molecule has 0 saturated heterocycles. The number of amides is 2. The molecule has 0 unspecified atom stereocenters. The fraction of sp³-hybridized carbons (Fsp3) is 0.0667. The van der Waals surface area contributed by atoms with E-state index in [1.165, 1.54) is 6.21 Å². The molecule has 0 fully saturated rings. The topological polar surface area (TPSA) is 83.5 Å². The number of halogens is 1. The Morgan fingerprint density at radius 1 is 1.18 bits per heavy atom. The first kappa shape index (κ1) is 15.7. The summed E-state index contributed by atoms with van der Waals surface area (Å²) < 4.78 is 0. The van der Waals surface area contributed by atoms with Crippen molar-refractivity contribution < 1.29 is 9.59 Å². The number of hydrogen-bond acceptors (Lipinski definition) is 4. The summed E-state index contributed by atoms with van der Waals surface area (Å²) in [6.45, 7) is 0.217. The number of pyridine rings is 1. The summed E-state index contributed by atoms with van der Waals surface area (Å²) in [5.41, 5.74) is 3.57. The van der Waals surface area contributed by atoms with E-state index in [0.717, 1.165) is 5.56 Å². The zero-order valence-corrected chi connectivity index (χ0v) is 12.2. The van der Waals surface area contributed by atoms with Gasteiger partial charge in [0.25, 0.3) is 0 Å². The standard InChI is InChI=1S/C15H13ClN4O2/c16-13-6-2-1-5-12(13)10-19-20-15(22)14(21)18-9-11-4-3-7-17-8-11/h1-8,10H,9H2,(H,18,21)(H,20,22)/b19-10+. The molecule has 0 aliphatic rings. The highest BCUT2D eigenvalue weighted by Gasteiger charge is 2.11. The Kier molecular flexibility index (Phi) is 5.62. The molecule has 2 aromatic rings. The van der Waals surface area contributed by atoms with Gasteiger partial charge in [-0.2, -0.15) is 5.10 Å². The van der Waals surface area contributed by atoms with Gasteiger partial charge in [-0.3, -0.25) is 14.6 Å². The van der Waals surface area contributed by atoms with Crippen LogP contribution in [-0.4, -0.2) is 23.0 Å². The third-order valence-corrected chi connectivity index (χ3v) is 3.00. The Hall–Kier alpha value is -2.73. The quantitative estimate of drug-likeness (QED) is 0.509. The van der Waals surface area contributed by atoms with E-state index in [-0.39, 0.29) is 6.54 Å². The monoisotopic (exact) mass is 316 g/mol. The van der Waals surface area contributed by atoms with Crippen molar-refractivity contribution in [1.82, 2.24) is 15.7 Å². The summed E-state index contributed by atoms with van der Waals surface area (Å²) in [5, 5.41) is 6.67. The number of aromatic nitrogens is 1. The Morgan fingerprint density at radius 3 is 2.73 bits per heavy atom. The molecule has 0 radical (unpaired) electrons. The van der Waals surface area contributed by atoms with E-state index < -0.39 is 11.8 Å². The molecular formula is C15H13ClN4O2. The van der Waals surface area contributed by atoms with E-state index in [1.54, 1.807) is 48.8 Å². The van der Waals surface area contributed by atoms with E-state index >= 15 is 0 Å². The van der Waals surface area contributed by atoms with Gasteiger partial charge in [0, 0.05) is 29.5 Å². The van der Waals surface area contributed by atoms with Crippen LogP contribution in [0.3, 0.4) is 0 Å². The molecule has 22 heavy (non-hydrogen) atoms. The number of hydrazone groups is 1. The van der Waals surface area contributed by atoms with E-state index in [2.05, 4.69) is 20.8 Å². The van der Waals surface area contributed by atoms with Crippen LogP contribution in [0.5, 0.6) is 0 Å². The zero-order chi connectivity index (χ0) is 15.8. The number of carbonyl (C=O) groups excluding carboxylic acids is 2. The van der Waals surface area contributed by atoms with E-state index in [1.807, 2.05) is 0 Å². The Morgan fingerprint density at radius 2 is 2.00 bits per heavy atom. The molecule has 2 N–H and O–H groups in total. The maximum atomic E-state index is 11.6. The molecule has 112 valence electrons. The minimum atomic E-state index is -0.854. The minimum absolute atomic E-state index is 0.217. The van der Waals surface area contributed by atoms with Crippen LogP contribution in [-0.2, 0) is 16.1 Å². The maximum absolute atomic E-state index is 11.6. The molecule has 0 aliphatic heterocycles. The maximum Gasteiger partial charge on any atom is 0.329 e. The molecule has 0 atom stereocenters. The summed E-state index contributed by atoms with van der Waals surface area (Å²) in [6.07, 6.45) is 4.60. The average Bonchev–Trinajstić information content (AvgIpc) is 2.55. The van der Waals surface area contributed by atoms with Gasteiger partial charge >= 0.3 is 11.8 Å². The van der Waals surface area contributed by atoms with E-state index in [0.29, 0.717) is 10.6 Å².